The first-order valence-electron chi connectivity index (χ1n) is 7.55. The number of carbonyl (C=O) groups is 1. The van der Waals surface area contributed by atoms with Gasteiger partial charge in [-0.05, 0) is 55.8 Å². The molecular weight excluding hydrogens is 266 g/mol. The average Bonchev–Trinajstić information content (AvgIpc) is 3.34. The fourth-order valence-electron chi connectivity index (χ4n) is 2.44. The van der Waals surface area contributed by atoms with Crippen LogP contribution in [0.5, 0.6) is 5.75 Å². The molecule has 1 aromatic carbocycles. The molecule has 0 heterocycles. The van der Waals surface area contributed by atoms with Gasteiger partial charge in [0, 0.05) is 0 Å². The number of ether oxygens (including phenoxy) is 1. The van der Waals surface area contributed by atoms with Crippen molar-refractivity contribution in [3.8, 4) is 5.75 Å². The summed E-state index contributed by atoms with van der Waals surface area (Å²) >= 11 is 0. The summed E-state index contributed by atoms with van der Waals surface area (Å²) in [7, 11) is 1.64. The van der Waals surface area contributed by atoms with Gasteiger partial charge in [0.2, 0.25) is 5.91 Å². The quantitative estimate of drug-likeness (QED) is 0.674. The van der Waals surface area contributed by atoms with Crippen LogP contribution in [0.2, 0.25) is 0 Å². The Morgan fingerprint density at radius 3 is 2.57 bits per heavy atom. The van der Waals surface area contributed by atoms with Crippen LogP contribution < -0.4 is 21.5 Å². The second kappa shape index (κ2) is 7.43. The molecule has 0 spiro atoms. The Balaban J connectivity index is 2.00. The van der Waals surface area contributed by atoms with Gasteiger partial charge in [0.25, 0.3) is 0 Å². The molecule has 1 saturated carbocycles. The predicted octanol–water partition coefficient (Wildman–Crippen LogP) is 1.33. The highest BCUT2D eigenvalue weighted by molar-refractivity contribution is 5.82. The molecule has 1 aliphatic carbocycles. The molecule has 1 aliphatic rings. The predicted molar refractivity (Wildman–Crippen MR) is 82.9 cm³/mol. The molecule has 2 atom stereocenters. The van der Waals surface area contributed by atoms with E-state index in [1.54, 1.807) is 7.11 Å². The van der Waals surface area contributed by atoms with Gasteiger partial charge < -0.3 is 21.5 Å². The fourth-order valence-corrected chi connectivity index (χ4v) is 2.44. The molecule has 1 aromatic rings. The van der Waals surface area contributed by atoms with Gasteiger partial charge in [0.05, 0.1) is 19.2 Å². The molecule has 0 saturated heterocycles. The average molecular weight is 291 g/mol. The number of amides is 1. The minimum absolute atomic E-state index is 0.0485. The Bertz CT molecular complexity index is 457. The van der Waals surface area contributed by atoms with Crippen molar-refractivity contribution in [3.63, 3.8) is 0 Å². The first-order chi connectivity index (χ1) is 10.2. The van der Waals surface area contributed by atoms with Crippen molar-refractivity contribution in [1.82, 2.24) is 5.32 Å². The highest BCUT2D eigenvalue weighted by Crippen LogP contribution is 2.41. The van der Waals surface area contributed by atoms with E-state index in [0.717, 1.165) is 30.6 Å². The maximum absolute atomic E-state index is 12.2. The van der Waals surface area contributed by atoms with Crippen molar-refractivity contribution >= 4 is 5.91 Å². The number of methoxy groups -OCH3 is 1. The van der Waals surface area contributed by atoms with Crippen LogP contribution in [0.25, 0.3) is 0 Å². The summed E-state index contributed by atoms with van der Waals surface area (Å²) in [6, 6.07) is 7.43. The van der Waals surface area contributed by atoms with Crippen LogP contribution in [0.15, 0.2) is 24.3 Å². The topological polar surface area (TPSA) is 90.4 Å². The number of hydrogen-bond acceptors (Lipinski definition) is 4. The molecule has 0 aromatic heterocycles. The van der Waals surface area contributed by atoms with Gasteiger partial charge in [0.15, 0.2) is 0 Å². The van der Waals surface area contributed by atoms with Gasteiger partial charge >= 0.3 is 0 Å². The van der Waals surface area contributed by atoms with Crippen LogP contribution in [0.3, 0.4) is 0 Å². The van der Waals surface area contributed by atoms with E-state index in [1.807, 2.05) is 24.3 Å². The van der Waals surface area contributed by atoms with Crippen LogP contribution in [0.4, 0.5) is 0 Å². The Morgan fingerprint density at radius 1 is 1.38 bits per heavy atom. The molecule has 0 bridgehead atoms. The third kappa shape index (κ3) is 4.44. The molecule has 5 N–H and O–H groups in total. The highest BCUT2D eigenvalue weighted by atomic mass is 16.5. The zero-order chi connectivity index (χ0) is 15.2. The second-order valence-electron chi connectivity index (χ2n) is 5.63. The number of nitrogens with two attached hydrogens (primary N) is 2. The van der Waals surface area contributed by atoms with Crippen molar-refractivity contribution in [1.29, 1.82) is 0 Å². The minimum Gasteiger partial charge on any atom is -0.497 e. The van der Waals surface area contributed by atoms with Crippen molar-refractivity contribution in [2.45, 2.75) is 37.8 Å². The number of carbonyl (C=O) groups excluding carboxylic acids is 1. The third-order valence-corrected chi connectivity index (χ3v) is 3.92. The Hall–Kier alpha value is -1.59. The van der Waals surface area contributed by atoms with Crippen molar-refractivity contribution in [2.75, 3.05) is 13.7 Å². The number of benzene rings is 1. The molecule has 116 valence electrons. The Labute approximate surface area is 126 Å². The van der Waals surface area contributed by atoms with Crippen LogP contribution in [-0.4, -0.2) is 25.6 Å². The standard InChI is InChI=1S/C16H25N3O2/c1-21-13-8-6-12(7-9-13)15(11-4-5-11)19-16(20)14(18)3-2-10-17/h6-9,11,14-15H,2-5,10,17-18H2,1H3,(H,19,20)/t14-,15?/m0/s1. The van der Waals surface area contributed by atoms with Crippen molar-refractivity contribution in [3.05, 3.63) is 29.8 Å². The monoisotopic (exact) mass is 291 g/mol. The highest BCUT2D eigenvalue weighted by Gasteiger charge is 2.34. The van der Waals surface area contributed by atoms with Crippen LogP contribution >= 0.6 is 0 Å². The smallest absolute Gasteiger partial charge is 0.237 e. The van der Waals surface area contributed by atoms with Crippen molar-refractivity contribution in [2.24, 2.45) is 17.4 Å². The Kier molecular flexibility index (Phi) is 5.59. The first kappa shape index (κ1) is 15.8. The van der Waals surface area contributed by atoms with Crippen LogP contribution in [-0.2, 0) is 4.79 Å². The fraction of sp³-hybridized carbons (Fsp3) is 0.562. The molecule has 5 nitrogen and oxygen atoms in total. The number of rotatable bonds is 8. The molecule has 0 aliphatic heterocycles. The van der Waals surface area contributed by atoms with Gasteiger partial charge in [-0.25, -0.2) is 0 Å². The first-order valence-corrected chi connectivity index (χ1v) is 7.55. The summed E-state index contributed by atoms with van der Waals surface area (Å²) in [5.41, 5.74) is 12.5. The molecule has 5 heteroatoms. The van der Waals surface area contributed by atoms with Gasteiger partial charge in [-0.15, -0.1) is 0 Å². The molecule has 0 radical (unpaired) electrons. The molecule has 1 fully saturated rings. The van der Waals surface area contributed by atoms with Crippen LogP contribution in [0.1, 0.15) is 37.3 Å². The summed E-state index contributed by atoms with van der Waals surface area (Å²) in [4.78, 5) is 12.2. The Morgan fingerprint density at radius 2 is 2.05 bits per heavy atom. The lowest BCUT2D eigenvalue weighted by molar-refractivity contribution is -0.123. The summed E-state index contributed by atoms with van der Waals surface area (Å²) in [6.07, 6.45) is 3.69. The summed E-state index contributed by atoms with van der Waals surface area (Å²) in [5.74, 6) is 1.25. The van der Waals surface area contributed by atoms with E-state index < -0.39 is 6.04 Å². The van der Waals surface area contributed by atoms with E-state index in [9.17, 15) is 4.79 Å². The van der Waals surface area contributed by atoms with E-state index in [-0.39, 0.29) is 11.9 Å². The van der Waals surface area contributed by atoms with E-state index in [1.165, 1.54) is 0 Å². The van der Waals surface area contributed by atoms with E-state index in [0.29, 0.717) is 18.9 Å². The zero-order valence-corrected chi connectivity index (χ0v) is 12.5. The van der Waals surface area contributed by atoms with E-state index >= 15 is 0 Å². The SMILES string of the molecule is COc1ccc(C(NC(=O)[C@@H](N)CCCN)C2CC2)cc1. The summed E-state index contributed by atoms with van der Waals surface area (Å²) in [6.45, 7) is 0.561. The molecule has 2 rings (SSSR count). The summed E-state index contributed by atoms with van der Waals surface area (Å²) < 4.78 is 5.17. The summed E-state index contributed by atoms with van der Waals surface area (Å²) in [5, 5.41) is 3.10. The lowest BCUT2D eigenvalue weighted by Gasteiger charge is -2.21. The van der Waals surface area contributed by atoms with E-state index in [4.69, 9.17) is 16.2 Å². The zero-order valence-electron chi connectivity index (χ0n) is 12.5. The van der Waals surface area contributed by atoms with Crippen LogP contribution in [0, 0.1) is 5.92 Å². The number of nitrogens with one attached hydrogen (secondary N) is 1. The number of hydrogen-bond donors (Lipinski definition) is 3. The molecule has 1 amide bonds. The lowest BCUT2D eigenvalue weighted by Crippen LogP contribution is -2.43. The molecule has 1 unspecified atom stereocenters. The minimum atomic E-state index is -0.479. The molecule has 21 heavy (non-hydrogen) atoms. The van der Waals surface area contributed by atoms with Gasteiger partial charge in [-0.1, -0.05) is 12.1 Å². The van der Waals surface area contributed by atoms with Gasteiger partial charge in [-0.2, -0.15) is 0 Å². The third-order valence-electron chi connectivity index (χ3n) is 3.92. The largest absolute Gasteiger partial charge is 0.497 e. The normalized spacial score (nSPS) is 17.1. The van der Waals surface area contributed by atoms with E-state index in [2.05, 4.69) is 5.32 Å². The van der Waals surface area contributed by atoms with Gasteiger partial charge in [0.1, 0.15) is 5.75 Å². The van der Waals surface area contributed by atoms with Crippen molar-refractivity contribution < 1.29 is 9.53 Å². The maximum Gasteiger partial charge on any atom is 0.237 e. The molecular formula is C16H25N3O2. The second-order valence-corrected chi connectivity index (χ2v) is 5.63. The lowest BCUT2D eigenvalue weighted by atomic mass is 10.0. The maximum atomic E-state index is 12.2. The van der Waals surface area contributed by atoms with Gasteiger partial charge in [-0.3, -0.25) is 4.79 Å².